The molecule has 0 saturated heterocycles. The molecule has 0 saturated carbocycles. The number of hydrogen-bond acceptors (Lipinski definition) is 3. The number of halogens is 2. The highest BCUT2D eigenvalue weighted by Gasteiger charge is 2.21. The summed E-state index contributed by atoms with van der Waals surface area (Å²) in [6, 6.07) is 2.35. The van der Waals surface area contributed by atoms with Crippen molar-refractivity contribution in [2.45, 2.75) is 31.1 Å². The van der Waals surface area contributed by atoms with Gasteiger partial charge in [-0.3, -0.25) is 0 Å². The molecular formula is C13H20F2N2O2S. The summed E-state index contributed by atoms with van der Waals surface area (Å²) >= 11 is 0. The van der Waals surface area contributed by atoms with Crippen LogP contribution < -0.4 is 10.5 Å². The average molecular weight is 306 g/mol. The zero-order valence-corrected chi connectivity index (χ0v) is 12.2. The van der Waals surface area contributed by atoms with Gasteiger partial charge in [-0.25, -0.2) is 21.9 Å². The minimum absolute atomic E-state index is 0.0939. The second-order valence-corrected chi connectivity index (χ2v) is 6.39. The fraction of sp³-hybridized carbons (Fsp3) is 0.538. The Kier molecular flexibility index (Phi) is 6.51. The van der Waals surface area contributed by atoms with Crippen LogP contribution in [0.5, 0.6) is 0 Å². The molecule has 1 aromatic rings. The van der Waals surface area contributed by atoms with Crippen molar-refractivity contribution in [3.63, 3.8) is 0 Å². The molecule has 1 unspecified atom stereocenters. The van der Waals surface area contributed by atoms with Crippen molar-refractivity contribution in [2.75, 3.05) is 13.1 Å². The topological polar surface area (TPSA) is 72.2 Å². The van der Waals surface area contributed by atoms with E-state index in [1.54, 1.807) is 0 Å². The van der Waals surface area contributed by atoms with Crippen LogP contribution in [0.4, 0.5) is 8.78 Å². The zero-order valence-electron chi connectivity index (χ0n) is 11.4. The van der Waals surface area contributed by atoms with Crippen molar-refractivity contribution >= 4 is 10.0 Å². The maximum absolute atomic E-state index is 13.5. The van der Waals surface area contributed by atoms with Gasteiger partial charge in [0.1, 0.15) is 16.5 Å². The van der Waals surface area contributed by atoms with Gasteiger partial charge in [-0.1, -0.05) is 13.3 Å². The molecule has 0 aliphatic rings. The summed E-state index contributed by atoms with van der Waals surface area (Å²) in [6.07, 6.45) is 2.41. The van der Waals surface area contributed by atoms with E-state index in [-0.39, 0.29) is 12.5 Å². The Balaban J connectivity index is 2.81. The van der Waals surface area contributed by atoms with Crippen molar-refractivity contribution < 1.29 is 17.2 Å². The molecule has 4 nitrogen and oxygen atoms in total. The van der Waals surface area contributed by atoms with Crippen LogP contribution in [-0.2, 0) is 10.0 Å². The normalized spacial score (nSPS) is 13.4. The Hall–Kier alpha value is -1.05. The summed E-state index contributed by atoms with van der Waals surface area (Å²) in [5.74, 6) is -1.67. The fourth-order valence-electron chi connectivity index (χ4n) is 1.98. The quantitative estimate of drug-likeness (QED) is 0.771. The average Bonchev–Trinajstić information content (AvgIpc) is 2.39. The lowest BCUT2D eigenvalue weighted by atomic mass is 10.0. The first-order valence-electron chi connectivity index (χ1n) is 6.55. The van der Waals surface area contributed by atoms with Crippen molar-refractivity contribution in [3.8, 4) is 0 Å². The summed E-state index contributed by atoms with van der Waals surface area (Å²) in [5.41, 5.74) is 5.47. The second-order valence-electron chi connectivity index (χ2n) is 4.66. The van der Waals surface area contributed by atoms with Crippen LogP contribution in [0.2, 0.25) is 0 Å². The van der Waals surface area contributed by atoms with Crippen molar-refractivity contribution in [3.05, 3.63) is 29.8 Å². The third kappa shape index (κ3) is 4.81. The van der Waals surface area contributed by atoms with Crippen molar-refractivity contribution in [1.29, 1.82) is 0 Å². The lowest BCUT2D eigenvalue weighted by Crippen LogP contribution is -2.31. The lowest BCUT2D eigenvalue weighted by Gasteiger charge is -2.16. The van der Waals surface area contributed by atoms with E-state index in [1.165, 1.54) is 0 Å². The molecular weight excluding hydrogens is 286 g/mol. The molecule has 0 aromatic heterocycles. The monoisotopic (exact) mass is 306 g/mol. The predicted octanol–water partition coefficient (Wildman–Crippen LogP) is 2.01. The number of benzene rings is 1. The number of hydrogen-bond donors (Lipinski definition) is 2. The van der Waals surface area contributed by atoms with E-state index in [1.807, 2.05) is 6.92 Å². The van der Waals surface area contributed by atoms with Gasteiger partial charge in [0.25, 0.3) is 0 Å². The van der Waals surface area contributed by atoms with Crippen LogP contribution in [0.3, 0.4) is 0 Å². The molecule has 0 heterocycles. The molecule has 1 aromatic carbocycles. The van der Waals surface area contributed by atoms with Crippen LogP contribution in [0.25, 0.3) is 0 Å². The van der Waals surface area contributed by atoms with Crippen LogP contribution >= 0.6 is 0 Å². The van der Waals surface area contributed by atoms with Gasteiger partial charge >= 0.3 is 0 Å². The second kappa shape index (κ2) is 7.66. The highest BCUT2D eigenvalue weighted by atomic mass is 32.2. The van der Waals surface area contributed by atoms with E-state index in [9.17, 15) is 17.2 Å². The summed E-state index contributed by atoms with van der Waals surface area (Å²) in [7, 11) is -4.05. The van der Waals surface area contributed by atoms with Crippen molar-refractivity contribution in [1.82, 2.24) is 4.72 Å². The predicted molar refractivity (Wildman–Crippen MR) is 73.6 cm³/mol. The standard InChI is InChI=1S/C13H20F2N2O2S/c1-2-3-10(6-7-16)9-17-20(18,19)13-8-11(14)4-5-12(13)15/h4-5,8,10,17H,2-3,6-7,9,16H2,1H3. The van der Waals surface area contributed by atoms with Gasteiger partial charge in [0.2, 0.25) is 10.0 Å². The highest BCUT2D eigenvalue weighted by Crippen LogP contribution is 2.17. The first kappa shape index (κ1) is 17.0. The molecule has 0 amide bonds. The summed E-state index contributed by atoms with van der Waals surface area (Å²) in [4.78, 5) is -0.666. The highest BCUT2D eigenvalue weighted by molar-refractivity contribution is 7.89. The summed E-state index contributed by atoms with van der Waals surface area (Å²) in [6.45, 7) is 2.62. The van der Waals surface area contributed by atoms with E-state index < -0.39 is 26.6 Å². The van der Waals surface area contributed by atoms with Gasteiger partial charge in [-0.05, 0) is 43.5 Å². The number of rotatable bonds is 8. The molecule has 20 heavy (non-hydrogen) atoms. The van der Waals surface area contributed by atoms with Crippen molar-refractivity contribution in [2.24, 2.45) is 11.7 Å². The molecule has 0 fully saturated rings. The van der Waals surface area contributed by atoms with Gasteiger partial charge in [0.15, 0.2) is 0 Å². The number of nitrogens with one attached hydrogen (secondary N) is 1. The maximum Gasteiger partial charge on any atom is 0.243 e. The minimum atomic E-state index is -4.05. The van der Waals surface area contributed by atoms with Gasteiger partial charge in [0.05, 0.1) is 0 Å². The zero-order chi connectivity index (χ0) is 15.2. The smallest absolute Gasteiger partial charge is 0.243 e. The van der Waals surface area contributed by atoms with E-state index in [0.717, 1.165) is 25.0 Å². The molecule has 114 valence electrons. The Bertz CT molecular complexity index is 529. The van der Waals surface area contributed by atoms with Crippen LogP contribution in [0, 0.1) is 17.6 Å². The number of nitrogens with two attached hydrogens (primary N) is 1. The first-order chi connectivity index (χ1) is 9.40. The third-order valence-corrected chi connectivity index (χ3v) is 4.46. The van der Waals surface area contributed by atoms with E-state index in [2.05, 4.69) is 4.72 Å². The maximum atomic E-state index is 13.5. The molecule has 7 heteroatoms. The van der Waals surface area contributed by atoms with Gasteiger partial charge < -0.3 is 5.73 Å². The fourth-order valence-corrected chi connectivity index (χ4v) is 3.18. The minimum Gasteiger partial charge on any atom is -0.330 e. The number of sulfonamides is 1. The lowest BCUT2D eigenvalue weighted by molar-refractivity contribution is 0.442. The molecule has 0 spiro atoms. The van der Waals surface area contributed by atoms with E-state index in [0.29, 0.717) is 19.0 Å². The Morgan fingerprint density at radius 1 is 1.30 bits per heavy atom. The molecule has 0 aliphatic carbocycles. The molecule has 1 atom stereocenters. The molecule has 1 rings (SSSR count). The third-order valence-electron chi connectivity index (χ3n) is 3.02. The Morgan fingerprint density at radius 3 is 2.60 bits per heavy atom. The molecule has 0 bridgehead atoms. The van der Waals surface area contributed by atoms with Gasteiger partial charge in [0, 0.05) is 6.54 Å². The van der Waals surface area contributed by atoms with Crippen LogP contribution in [0.1, 0.15) is 26.2 Å². The molecule has 0 aliphatic heterocycles. The molecule has 3 N–H and O–H groups in total. The van der Waals surface area contributed by atoms with Crippen LogP contribution in [0.15, 0.2) is 23.1 Å². The van der Waals surface area contributed by atoms with Gasteiger partial charge in [-0.15, -0.1) is 0 Å². The summed E-state index contributed by atoms with van der Waals surface area (Å²) < 4.78 is 52.8. The largest absolute Gasteiger partial charge is 0.330 e. The van der Waals surface area contributed by atoms with E-state index >= 15 is 0 Å². The van der Waals surface area contributed by atoms with E-state index in [4.69, 9.17) is 5.73 Å². The SMILES string of the molecule is CCCC(CCN)CNS(=O)(=O)c1cc(F)ccc1F. The first-order valence-corrected chi connectivity index (χ1v) is 8.03. The Labute approximate surface area is 118 Å². The van der Waals surface area contributed by atoms with Gasteiger partial charge in [-0.2, -0.15) is 0 Å². The molecule has 0 radical (unpaired) electrons. The van der Waals surface area contributed by atoms with Crippen LogP contribution in [-0.4, -0.2) is 21.5 Å². The Morgan fingerprint density at radius 2 is 2.00 bits per heavy atom. The summed E-state index contributed by atoms with van der Waals surface area (Å²) in [5, 5.41) is 0.